The summed E-state index contributed by atoms with van der Waals surface area (Å²) in [4.78, 5) is 22.5. The lowest BCUT2D eigenvalue weighted by atomic mass is 10.1. The van der Waals surface area contributed by atoms with E-state index < -0.39 is 11.3 Å². The number of fused-ring (bicyclic) bond motifs is 5. The fourth-order valence-corrected chi connectivity index (χ4v) is 2.22. The quantitative estimate of drug-likeness (QED) is 0.451. The molecule has 0 bridgehead atoms. The molecule has 2 heterocycles. The average molecular weight is 254 g/mol. The minimum absolute atomic E-state index is 0.226. The summed E-state index contributed by atoms with van der Waals surface area (Å²) in [5.74, 6) is 0. The zero-order valence-corrected chi connectivity index (χ0v) is 9.51. The fourth-order valence-electron chi connectivity index (χ4n) is 2.22. The standard InChI is InChI=1S/C14H6O5/c15-13-14(16)19-12-10(18-13)6-5-9-11(12)7-3-1-2-4-8(7)17-9/h1-6H. The third-order valence-corrected chi connectivity index (χ3v) is 3.02. The van der Waals surface area contributed by atoms with Gasteiger partial charge in [-0.25, -0.2) is 9.59 Å². The van der Waals surface area contributed by atoms with E-state index in [1.165, 1.54) is 0 Å². The van der Waals surface area contributed by atoms with Crippen molar-refractivity contribution in [1.82, 2.24) is 0 Å². The van der Waals surface area contributed by atoms with Gasteiger partial charge in [-0.05, 0) is 18.2 Å². The summed E-state index contributed by atoms with van der Waals surface area (Å²) in [5, 5.41) is 1.44. The Morgan fingerprint density at radius 1 is 0.684 bits per heavy atom. The highest BCUT2D eigenvalue weighted by atomic mass is 16.5. The first-order chi connectivity index (χ1) is 9.24. The molecule has 0 aliphatic heterocycles. The molecule has 0 spiro atoms. The van der Waals surface area contributed by atoms with Gasteiger partial charge < -0.3 is 13.3 Å². The van der Waals surface area contributed by atoms with Gasteiger partial charge in [0.25, 0.3) is 0 Å². The first-order valence-electron chi connectivity index (χ1n) is 5.62. The number of benzene rings is 2. The van der Waals surface area contributed by atoms with Crippen LogP contribution >= 0.6 is 0 Å². The monoisotopic (exact) mass is 254 g/mol. The van der Waals surface area contributed by atoms with Crippen LogP contribution in [0.1, 0.15) is 0 Å². The molecule has 0 amide bonds. The van der Waals surface area contributed by atoms with Crippen LogP contribution < -0.4 is 11.3 Å². The van der Waals surface area contributed by atoms with Crippen molar-refractivity contribution >= 4 is 33.1 Å². The number of rotatable bonds is 0. The summed E-state index contributed by atoms with van der Waals surface area (Å²) in [6.45, 7) is 0. The third kappa shape index (κ3) is 1.29. The Labute approximate surface area is 104 Å². The molecule has 2 aromatic heterocycles. The van der Waals surface area contributed by atoms with E-state index in [2.05, 4.69) is 0 Å². The molecule has 0 saturated heterocycles. The highest BCUT2D eigenvalue weighted by molar-refractivity contribution is 6.15. The Hall–Kier alpha value is -2.82. The van der Waals surface area contributed by atoms with Crippen LogP contribution in [0.15, 0.2) is 59.2 Å². The van der Waals surface area contributed by atoms with Crippen molar-refractivity contribution in [2.24, 2.45) is 0 Å². The van der Waals surface area contributed by atoms with Gasteiger partial charge >= 0.3 is 11.3 Å². The van der Waals surface area contributed by atoms with Gasteiger partial charge in [0, 0.05) is 5.39 Å². The summed E-state index contributed by atoms with van der Waals surface area (Å²) in [6, 6.07) is 10.6. The maximum atomic E-state index is 11.3. The first kappa shape index (κ1) is 10.1. The Morgan fingerprint density at radius 3 is 2.32 bits per heavy atom. The summed E-state index contributed by atoms with van der Waals surface area (Å²) in [5.41, 5.74) is -0.329. The normalized spacial score (nSPS) is 11.6. The van der Waals surface area contributed by atoms with E-state index in [-0.39, 0.29) is 11.2 Å². The van der Waals surface area contributed by atoms with Crippen molar-refractivity contribution in [2.75, 3.05) is 0 Å². The molecule has 5 heteroatoms. The number of para-hydroxylation sites is 1. The van der Waals surface area contributed by atoms with Crippen molar-refractivity contribution in [1.29, 1.82) is 0 Å². The van der Waals surface area contributed by atoms with Crippen LogP contribution in [0.4, 0.5) is 0 Å². The molecule has 0 saturated carbocycles. The van der Waals surface area contributed by atoms with Crippen molar-refractivity contribution in [3.8, 4) is 0 Å². The molecular formula is C14H6O5. The molecule has 4 rings (SSSR count). The van der Waals surface area contributed by atoms with E-state index in [1.54, 1.807) is 12.1 Å². The Morgan fingerprint density at radius 2 is 1.42 bits per heavy atom. The van der Waals surface area contributed by atoms with Gasteiger partial charge in [-0.1, -0.05) is 18.2 Å². The van der Waals surface area contributed by atoms with Crippen LogP contribution in [0, 0.1) is 0 Å². The van der Waals surface area contributed by atoms with Crippen molar-refractivity contribution < 1.29 is 13.3 Å². The van der Waals surface area contributed by atoms with Crippen LogP contribution in [-0.4, -0.2) is 0 Å². The van der Waals surface area contributed by atoms with Crippen LogP contribution in [0.5, 0.6) is 0 Å². The molecule has 0 N–H and O–H groups in total. The van der Waals surface area contributed by atoms with Gasteiger partial charge in [-0.3, -0.25) is 0 Å². The average Bonchev–Trinajstić information content (AvgIpc) is 2.79. The van der Waals surface area contributed by atoms with Crippen molar-refractivity contribution in [3.05, 3.63) is 57.2 Å². The second-order valence-electron chi connectivity index (χ2n) is 4.14. The molecular weight excluding hydrogens is 248 g/mol. The highest BCUT2D eigenvalue weighted by Crippen LogP contribution is 2.33. The number of furan rings is 1. The molecule has 92 valence electrons. The van der Waals surface area contributed by atoms with Crippen molar-refractivity contribution in [3.63, 3.8) is 0 Å². The van der Waals surface area contributed by atoms with Crippen LogP contribution in [0.2, 0.25) is 0 Å². The Balaban J connectivity index is 2.39. The fraction of sp³-hybridized carbons (Fsp3) is 0. The SMILES string of the molecule is O=c1oc2ccc3oc4ccccc4c3c2oc1=O. The predicted octanol–water partition coefficient (Wildman–Crippen LogP) is 2.65. The number of hydrogen-bond acceptors (Lipinski definition) is 5. The molecule has 0 fully saturated rings. The van der Waals surface area contributed by atoms with E-state index in [1.807, 2.05) is 24.3 Å². The Kier molecular flexibility index (Phi) is 1.79. The molecule has 4 aromatic rings. The summed E-state index contributed by atoms with van der Waals surface area (Å²) in [6.07, 6.45) is 0. The third-order valence-electron chi connectivity index (χ3n) is 3.02. The van der Waals surface area contributed by atoms with Crippen LogP contribution in [0.25, 0.3) is 33.1 Å². The Bertz CT molecular complexity index is 1050. The van der Waals surface area contributed by atoms with E-state index >= 15 is 0 Å². The topological polar surface area (TPSA) is 73.6 Å². The van der Waals surface area contributed by atoms with Gasteiger partial charge in [0.15, 0.2) is 11.2 Å². The highest BCUT2D eigenvalue weighted by Gasteiger charge is 2.14. The van der Waals surface area contributed by atoms with Gasteiger partial charge in [-0.15, -0.1) is 0 Å². The van der Waals surface area contributed by atoms with E-state index in [4.69, 9.17) is 13.3 Å². The van der Waals surface area contributed by atoms with E-state index in [0.29, 0.717) is 16.6 Å². The van der Waals surface area contributed by atoms with Gasteiger partial charge in [0.05, 0.1) is 5.39 Å². The maximum absolute atomic E-state index is 11.3. The zero-order valence-electron chi connectivity index (χ0n) is 9.51. The van der Waals surface area contributed by atoms with Gasteiger partial charge in [-0.2, -0.15) is 0 Å². The minimum atomic E-state index is -1.02. The summed E-state index contributed by atoms with van der Waals surface area (Å²) in [7, 11) is 0. The van der Waals surface area contributed by atoms with E-state index in [0.717, 1.165) is 5.39 Å². The first-order valence-corrected chi connectivity index (χ1v) is 5.62. The molecule has 0 atom stereocenters. The lowest BCUT2D eigenvalue weighted by Gasteiger charge is -1.95. The second-order valence-corrected chi connectivity index (χ2v) is 4.14. The largest absolute Gasteiger partial charge is 0.456 e. The van der Waals surface area contributed by atoms with Gasteiger partial charge in [0.2, 0.25) is 0 Å². The number of hydrogen-bond donors (Lipinski definition) is 0. The predicted molar refractivity (Wildman–Crippen MR) is 68.3 cm³/mol. The lowest BCUT2D eigenvalue weighted by molar-refractivity contribution is 0.450. The van der Waals surface area contributed by atoms with E-state index in [9.17, 15) is 9.59 Å². The molecule has 0 radical (unpaired) electrons. The zero-order chi connectivity index (χ0) is 13.0. The second kappa shape index (κ2) is 3.35. The maximum Gasteiger partial charge on any atom is 0.423 e. The van der Waals surface area contributed by atoms with Gasteiger partial charge in [0.1, 0.15) is 11.2 Å². The minimum Gasteiger partial charge on any atom is -0.456 e. The summed E-state index contributed by atoms with van der Waals surface area (Å²) >= 11 is 0. The molecule has 0 aliphatic rings. The van der Waals surface area contributed by atoms with Crippen molar-refractivity contribution in [2.45, 2.75) is 0 Å². The molecule has 5 nitrogen and oxygen atoms in total. The molecule has 0 aliphatic carbocycles. The molecule has 0 unspecified atom stereocenters. The van der Waals surface area contributed by atoms with Crippen LogP contribution in [-0.2, 0) is 0 Å². The molecule has 19 heavy (non-hydrogen) atoms. The molecule has 2 aromatic carbocycles. The van der Waals surface area contributed by atoms with Crippen LogP contribution in [0.3, 0.4) is 0 Å². The summed E-state index contributed by atoms with van der Waals surface area (Å²) < 4.78 is 15.6. The smallest absolute Gasteiger partial charge is 0.423 e. The lowest BCUT2D eigenvalue weighted by Crippen LogP contribution is -2.20.